The summed E-state index contributed by atoms with van der Waals surface area (Å²) in [5.74, 6) is 0.436. The molecule has 0 amide bonds. The van der Waals surface area contributed by atoms with Gasteiger partial charge in [0.05, 0.1) is 13.2 Å². The largest absolute Gasteiger partial charge is 0.379 e. The molecule has 0 aromatic heterocycles. The molecular formula is C12H22N2O2. The zero-order valence-corrected chi connectivity index (χ0v) is 9.91. The van der Waals surface area contributed by atoms with Gasteiger partial charge in [0.15, 0.2) is 0 Å². The number of nitrogens with one attached hydrogen (secondary N) is 1. The fourth-order valence-corrected chi connectivity index (χ4v) is 2.40. The van der Waals surface area contributed by atoms with E-state index in [4.69, 9.17) is 4.74 Å². The Morgan fingerprint density at radius 3 is 2.62 bits per heavy atom. The van der Waals surface area contributed by atoms with Crippen molar-refractivity contribution in [3.63, 3.8) is 0 Å². The molecule has 0 bridgehead atoms. The normalized spacial score (nSPS) is 24.9. The van der Waals surface area contributed by atoms with Crippen molar-refractivity contribution in [3.05, 3.63) is 0 Å². The van der Waals surface area contributed by atoms with Crippen LogP contribution in [-0.4, -0.2) is 56.1 Å². The lowest BCUT2D eigenvalue weighted by Crippen LogP contribution is -2.43. The molecule has 1 N–H and O–H groups in total. The van der Waals surface area contributed by atoms with Crippen molar-refractivity contribution < 1.29 is 9.53 Å². The quantitative estimate of drug-likeness (QED) is 0.754. The van der Waals surface area contributed by atoms with E-state index in [1.807, 2.05) is 0 Å². The Morgan fingerprint density at radius 2 is 1.94 bits per heavy atom. The number of hydrogen-bond donors (Lipinski definition) is 1. The smallest absolute Gasteiger partial charge is 0.133 e. The van der Waals surface area contributed by atoms with Crippen LogP contribution in [0.1, 0.15) is 25.7 Å². The number of morpholine rings is 1. The van der Waals surface area contributed by atoms with Crippen molar-refractivity contribution >= 4 is 5.78 Å². The number of Topliss-reactive ketones (excluding diaryl/α,β-unsaturated/α-hetero) is 1. The van der Waals surface area contributed by atoms with Crippen molar-refractivity contribution in [2.24, 2.45) is 0 Å². The second-order valence-electron chi connectivity index (χ2n) is 4.72. The lowest BCUT2D eigenvalue weighted by molar-refractivity contribution is -0.120. The van der Waals surface area contributed by atoms with Crippen LogP contribution < -0.4 is 5.32 Å². The van der Waals surface area contributed by atoms with Gasteiger partial charge in [-0.05, 0) is 12.8 Å². The van der Waals surface area contributed by atoms with E-state index in [0.717, 1.165) is 65.1 Å². The van der Waals surface area contributed by atoms with E-state index in [1.165, 1.54) is 0 Å². The number of hydrogen-bond acceptors (Lipinski definition) is 4. The van der Waals surface area contributed by atoms with Gasteiger partial charge in [0.2, 0.25) is 0 Å². The molecule has 92 valence electrons. The maximum atomic E-state index is 11.1. The summed E-state index contributed by atoms with van der Waals surface area (Å²) in [5.41, 5.74) is 0. The van der Waals surface area contributed by atoms with E-state index >= 15 is 0 Å². The molecule has 2 rings (SSSR count). The van der Waals surface area contributed by atoms with Gasteiger partial charge in [-0.25, -0.2) is 0 Å². The maximum absolute atomic E-state index is 11.1. The predicted molar refractivity (Wildman–Crippen MR) is 62.5 cm³/mol. The van der Waals surface area contributed by atoms with Gasteiger partial charge in [-0.3, -0.25) is 9.69 Å². The van der Waals surface area contributed by atoms with E-state index in [2.05, 4.69) is 10.2 Å². The molecule has 4 nitrogen and oxygen atoms in total. The minimum Gasteiger partial charge on any atom is -0.379 e. The highest BCUT2D eigenvalue weighted by Crippen LogP contribution is 2.14. The Balaban J connectivity index is 1.55. The number of ketones is 1. The monoisotopic (exact) mass is 226 g/mol. The fourth-order valence-electron chi connectivity index (χ4n) is 2.40. The van der Waals surface area contributed by atoms with Crippen LogP contribution in [0.2, 0.25) is 0 Å². The standard InChI is InChI=1S/C12H22N2O2/c15-12-3-1-11(2-4-12)13-5-6-14-7-9-16-10-8-14/h11,13H,1-10H2. The first-order valence-electron chi connectivity index (χ1n) is 6.40. The topological polar surface area (TPSA) is 41.6 Å². The Bertz CT molecular complexity index is 217. The second-order valence-corrected chi connectivity index (χ2v) is 4.72. The van der Waals surface area contributed by atoms with Crippen LogP contribution in [0.15, 0.2) is 0 Å². The molecule has 0 spiro atoms. The number of carbonyl (C=O) groups excluding carboxylic acids is 1. The van der Waals surface area contributed by atoms with Crippen LogP contribution >= 0.6 is 0 Å². The number of ether oxygens (including phenoxy) is 1. The molecular weight excluding hydrogens is 204 g/mol. The summed E-state index contributed by atoms with van der Waals surface area (Å²) in [7, 11) is 0. The van der Waals surface area contributed by atoms with Gasteiger partial charge in [0, 0.05) is 45.1 Å². The molecule has 1 aliphatic heterocycles. The van der Waals surface area contributed by atoms with Gasteiger partial charge in [-0.15, -0.1) is 0 Å². The van der Waals surface area contributed by atoms with Gasteiger partial charge in [-0.2, -0.15) is 0 Å². The highest BCUT2D eigenvalue weighted by molar-refractivity contribution is 5.79. The van der Waals surface area contributed by atoms with Crippen molar-refractivity contribution in [2.75, 3.05) is 39.4 Å². The van der Waals surface area contributed by atoms with E-state index in [-0.39, 0.29) is 0 Å². The van der Waals surface area contributed by atoms with Gasteiger partial charge in [0.1, 0.15) is 5.78 Å². The molecule has 2 fully saturated rings. The summed E-state index contributed by atoms with van der Waals surface area (Å²) in [6.45, 7) is 6.01. The number of carbonyl (C=O) groups is 1. The first-order chi connectivity index (χ1) is 7.84. The Morgan fingerprint density at radius 1 is 1.25 bits per heavy atom. The summed E-state index contributed by atoms with van der Waals surface area (Å²) in [4.78, 5) is 13.5. The van der Waals surface area contributed by atoms with Gasteiger partial charge >= 0.3 is 0 Å². The van der Waals surface area contributed by atoms with Crippen LogP contribution in [0.4, 0.5) is 0 Å². The van der Waals surface area contributed by atoms with Crippen LogP contribution in [0, 0.1) is 0 Å². The molecule has 0 unspecified atom stereocenters. The van der Waals surface area contributed by atoms with Crippen LogP contribution in [0.3, 0.4) is 0 Å². The third kappa shape index (κ3) is 3.85. The van der Waals surface area contributed by atoms with Crippen LogP contribution in [0.25, 0.3) is 0 Å². The van der Waals surface area contributed by atoms with E-state index in [0.29, 0.717) is 11.8 Å². The predicted octanol–water partition coefficient (Wildman–Crippen LogP) is 0.420. The van der Waals surface area contributed by atoms with E-state index in [9.17, 15) is 4.79 Å². The molecule has 0 radical (unpaired) electrons. The summed E-state index contributed by atoms with van der Waals surface area (Å²) >= 11 is 0. The molecule has 0 aromatic rings. The third-order valence-corrected chi connectivity index (χ3v) is 3.51. The Kier molecular flexibility index (Phi) is 4.75. The lowest BCUT2D eigenvalue weighted by Gasteiger charge is -2.28. The maximum Gasteiger partial charge on any atom is 0.133 e. The minimum atomic E-state index is 0.436. The Labute approximate surface area is 97.3 Å². The first-order valence-corrected chi connectivity index (χ1v) is 6.40. The van der Waals surface area contributed by atoms with Gasteiger partial charge in [0.25, 0.3) is 0 Å². The molecule has 0 atom stereocenters. The molecule has 1 saturated carbocycles. The van der Waals surface area contributed by atoms with Crippen molar-refractivity contribution in [1.29, 1.82) is 0 Å². The number of nitrogens with zero attached hydrogens (tertiary/aromatic N) is 1. The average molecular weight is 226 g/mol. The van der Waals surface area contributed by atoms with Crippen molar-refractivity contribution in [3.8, 4) is 0 Å². The summed E-state index contributed by atoms with van der Waals surface area (Å²) in [6.07, 6.45) is 3.61. The van der Waals surface area contributed by atoms with Crippen molar-refractivity contribution in [1.82, 2.24) is 10.2 Å². The highest BCUT2D eigenvalue weighted by Gasteiger charge is 2.18. The highest BCUT2D eigenvalue weighted by atomic mass is 16.5. The van der Waals surface area contributed by atoms with Gasteiger partial charge in [-0.1, -0.05) is 0 Å². The van der Waals surface area contributed by atoms with Crippen LogP contribution in [0.5, 0.6) is 0 Å². The molecule has 1 heterocycles. The number of rotatable bonds is 4. The zero-order chi connectivity index (χ0) is 11.2. The van der Waals surface area contributed by atoms with Crippen molar-refractivity contribution in [2.45, 2.75) is 31.7 Å². The minimum absolute atomic E-state index is 0.436. The summed E-state index contributed by atoms with van der Waals surface area (Å²) < 4.78 is 5.31. The molecule has 16 heavy (non-hydrogen) atoms. The summed E-state index contributed by atoms with van der Waals surface area (Å²) in [6, 6.07) is 0.568. The SMILES string of the molecule is O=C1CCC(NCCN2CCOCC2)CC1. The fraction of sp³-hybridized carbons (Fsp3) is 0.917. The van der Waals surface area contributed by atoms with E-state index < -0.39 is 0 Å². The Hall–Kier alpha value is -0.450. The van der Waals surface area contributed by atoms with Gasteiger partial charge < -0.3 is 10.1 Å². The first kappa shape index (κ1) is 12.0. The zero-order valence-electron chi connectivity index (χ0n) is 9.91. The second kappa shape index (κ2) is 6.33. The summed E-state index contributed by atoms with van der Waals surface area (Å²) in [5, 5.41) is 3.55. The lowest BCUT2D eigenvalue weighted by atomic mass is 9.94. The molecule has 1 saturated heterocycles. The molecule has 4 heteroatoms. The molecule has 0 aromatic carbocycles. The van der Waals surface area contributed by atoms with Crippen LogP contribution in [-0.2, 0) is 9.53 Å². The third-order valence-electron chi connectivity index (χ3n) is 3.51. The van der Waals surface area contributed by atoms with E-state index in [1.54, 1.807) is 0 Å². The average Bonchev–Trinajstić information content (AvgIpc) is 2.33. The molecule has 1 aliphatic carbocycles. The molecule has 2 aliphatic rings.